The largest absolute Gasteiger partial charge is 0.290 e. The summed E-state index contributed by atoms with van der Waals surface area (Å²) < 4.78 is 0. The zero-order valence-corrected chi connectivity index (χ0v) is 14.6. The van der Waals surface area contributed by atoms with Crippen molar-refractivity contribution < 1.29 is 9.59 Å². The Kier molecular flexibility index (Phi) is 15.4. The van der Waals surface area contributed by atoms with Crippen molar-refractivity contribution >= 4 is 11.6 Å². The molecule has 0 N–H and O–H groups in total. The molecule has 0 fully saturated rings. The molecule has 2 heteroatoms. The molecular formula is C21H32O2. The van der Waals surface area contributed by atoms with E-state index in [1.807, 2.05) is 12.2 Å². The molecule has 0 aliphatic rings. The highest BCUT2D eigenvalue weighted by Gasteiger charge is 1.91. The van der Waals surface area contributed by atoms with Crippen LogP contribution in [0.5, 0.6) is 0 Å². The number of rotatable bonds is 15. The highest BCUT2D eigenvalue weighted by molar-refractivity contribution is 5.99. The lowest BCUT2D eigenvalue weighted by atomic mass is 10.1. The van der Waals surface area contributed by atoms with Gasteiger partial charge in [0, 0.05) is 0 Å². The fourth-order valence-electron chi connectivity index (χ4n) is 2.13. The summed E-state index contributed by atoms with van der Waals surface area (Å²) >= 11 is 0. The molecular weight excluding hydrogens is 284 g/mol. The van der Waals surface area contributed by atoms with E-state index in [1.165, 1.54) is 57.1 Å². The number of allylic oxidation sites excluding steroid dienone is 7. The molecule has 128 valence electrons. The molecule has 0 aliphatic carbocycles. The predicted molar refractivity (Wildman–Crippen MR) is 99.5 cm³/mol. The number of ketones is 2. The van der Waals surface area contributed by atoms with E-state index in [0.717, 1.165) is 19.3 Å². The quantitative estimate of drug-likeness (QED) is 0.278. The summed E-state index contributed by atoms with van der Waals surface area (Å²) in [4.78, 5) is 22.5. The van der Waals surface area contributed by atoms with Gasteiger partial charge in [-0.3, -0.25) is 9.59 Å². The molecule has 0 bridgehead atoms. The first kappa shape index (κ1) is 21.3. The zero-order chi connectivity index (χ0) is 17.2. The van der Waals surface area contributed by atoms with E-state index < -0.39 is 0 Å². The van der Waals surface area contributed by atoms with Crippen LogP contribution in [0.4, 0.5) is 0 Å². The van der Waals surface area contributed by atoms with Gasteiger partial charge in [-0.05, 0) is 50.0 Å². The summed E-state index contributed by atoms with van der Waals surface area (Å²) in [6.45, 7) is 5.63. The highest BCUT2D eigenvalue weighted by atomic mass is 16.1. The van der Waals surface area contributed by atoms with Gasteiger partial charge in [0.1, 0.15) is 0 Å². The maximum Gasteiger partial charge on any atom is 0.177 e. The Balaban J connectivity index is 3.57. The average molecular weight is 316 g/mol. The Labute approximate surface area is 142 Å². The van der Waals surface area contributed by atoms with Crippen LogP contribution in [-0.2, 0) is 9.59 Å². The molecule has 0 rings (SSSR count). The van der Waals surface area contributed by atoms with Gasteiger partial charge in [0.15, 0.2) is 11.6 Å². The fourth-order valence-corrected chi connectivity index (χ4v) is 2.13. The van der Waals surface area contributed by atoms with Crippen LogP contribution >= 0.6 is 0 Å². The lowest BCUT2D eigenvalue weighted by molar-refractivity contribution is -0.111. The number of carbonyl (C=O) groups is 2. The second-order valence-corrected chi connectivity index (χ2v) is 5.70. The van der Waals surface area contributed by atoms with Crippen LogP contribution in [0.25, 0.3) is 0 Å². The minimum Gasteiger partial charge on any atom is -0.290 e. The lowest BCUT2D eigenvalue weighted by Gasteiger charge is -1.98. The van der Waals surface area contributed by atoms with Crippen molar-refractivity contribution in [2.45, 2.75) is 71.1 Å². The Morgan fingerprint density at radius 2 is 1.17 bits per heavy atom. The molecule has 0 aromatic heterocycles. The summed E-state index contributed by atoms with van der Waals surface area (Å²) in [5.74, 6) is -0.0440. The van der Waals surface area contributed by atoms with Crippen LogP contribution in [0.15, 0.2) is 49.1 Å². The van der Waals surface area contributed by atoms with E-state index in [4.69, 9.17) is 0 Å². The minimum absolute atomic E-state index is 0.0408. The molecule has 0 heterocycles. The molecule has 0 spiro atoms. The van der Waals surface area contributed by atoms with Gasteiger partial charge in [0.2, 0.25) is 0 Å². The SMILES string of the molecule is C=CC(=O)/C=C/CC/C=C/C(=O)/C=C/CCCCCCCCC. The van der Waals surface area contributed by atoms with E-state index in [1.54, 1.807) is 18.2 Å². The monoisotopic (exact) mass is 316 g/mol. The van der Waals surface area contributed by atoms with Crippen LogP contribution in [0, 0.1) is 0 Å². The third-order valence-electron chi connectivity index (χ3n) is 3.52. The van der Waals surface area contributed by atoms with E-state index in [0.29, 0.717) is 0 Å². The summed E-state index contributed by atoms with van der Waals surface area (Å²) in [5, 5.41) is 0. The molecule has 0 saturated heterocycles. The molecule has 0 saturated carbocycles. The second-order valence-electron chi connectivity index (χ2n) is 5.70. The average Bonchev–Trinajstić information content (AvgIpc) is 2.56. The van der Waals surface area contributed by atoms with Crippen molar-refractivity contribution in [1.29, 1.82) is 0 Å². The smallest absolute Gasteiger partial charge is 0.177 e. The van der Waals surface area contributed by atoms with Crippen LogP contribution in [0.2, 0.25) is 0 Å². The van der Waals surface area contributed by atoms with Gasteiger partial charge in [-0.25, -0.2) is 0 Å². The Hall–Kier alpha value is -1.70. The topological polar surface area (TPSA) is 34.1 Å². The van der Waals surface area contributed by atoms with Gasteiger partial charge in [-0.2, -0.15) is 0 Å². The van der Waals surface area contributed by atoms with E-state index >= 15 is 0 Å². The molecule has 0 atom stereocenters. The van der Waals surface area contributed by atoms with Gasteiger partial charge < -0.3 is 0 Å². The second kappa shape index (κ2) is 16.7. The van der Waals surface area contributed by atoms with E-state index in [2.05, 4.69) is 13.5 Å². The fraction of sp³-hybridized carbons (Fsp3) is 0.524. The number of hydrogen-bond acceptors (Lipinski definition) is 2. The molecule has 23 heavy (non-hydrogen) atoms. The van der Waals surface area contributed by atoms with Crippen LogP contribution in [-0.4, -0.2) is 11.6 Å². The van der Waals surface area contributed by atoms with Crippen molar-refractivity contribution in [2.24, 2.45) is 0 Å². The number of unbranched alkanes of at least 4 members (excludes halogenated alkanes) is 8. The van der Waals surface area contributed by atoms with Gasteiger partial charge in [0.25, 0.3) is 0 Å². The van der Waals surface area contributed by atoms with Crippen LogP contribution in [0.1, 0.15) is 71.1 Å². The van der Waals surface area contributed by atoms with Gasteiger partial charge in [0.05, 0.1) is 0 Å². The zero-order valence-electron chi connectivity index (χ0n) is 14.6. The third kappa shape index (κ3) is 16.5. The Morgan fingerprint density at radius 1 is 0.696 bits per heavy atom. The van der Waals surface area contributed by atoms with Gasteiger partial charge in [-0.15, -0.1) is 0 Å². The Bertz CT molecular complexity index is 414. The van der Waals surface area contributed by atoms with E-state index in [-0.39, 0.29) is 11.6 Å². The predicted octanol–water partition coefficient (Wildman–Crippen LogP) is 5.90. The maximum absolute atomic E-state index is 11.6. The minimum atomic E-state index is -0.0849. The summed E-state index contributed by atoms with van der Waals surface area (Å²) in [6.07, 6.45) is 23.2. The molecule has 0 unspecified atom stereocenters. The first-order valence-corrected chi connectivity index (χ1v) is 8.90. The summed E-state index contributed by atoms with van der Waals surface area (Å²) in [7, 11) is 0. The van der Waals surface area contributed by atoms with Crippen LogP contribution in [0.3, 0.4) is 0 Å². The van der Waals surface area contributed by atoms with Crippen molar-refractivity contribution in [3.05, 3.63) is 49.1 Å². The van der Waals surface area contributed by atoms with Crippen LogP contribution < -0.4 is 0 Å². The standard InChI is InChI=1S/C21H32O2/c1-3-5-6-7-8-9-10-11-15-18-21(23)19-16-13-12-14-17-20(22)4-2/h4,14-19H,2-3,5-13H2,1H3/b17-14+,18-15+,19-16+. The summed E-state index contributed by atoms with van der Waals surface area (Å²) in [5.41, 5.74) is 0. The number of hydrogen-bond donors (Lipinski definition) is 0. The third-order valence-corrected chi connectivity index (χ3v) is 3.52. The van der Waals surface area contributed by atoms with Crippen molar-refractivity contribution in [2.75, 3.05) is 0 Å². The first-order valence-electron chi connectivity index (χ1n) is 8.90. The highest BCUT2D eigenvalue weighted by Crippen LogP contribution is 2.08. The normalized spacial score (nSPS) is 11.7. The number of carbonyl (C=O) groups excluding carboxylic acids is 2. The maximum atomic E-state index is 11.6. The molecule has 0 amide bonds. The van der Waals surface area contributed by atoms with Crippen molar-refractivity contribution in [1.82, 2.24) is 0 Å². The van der Waals surface area contributed by atoms with Crippen molar-refractivity contribution in [3.63, 3.8) is 0 Å². The van der Waals surface area contributed by atoms with E-state index in [9.17, 15) is 9.59 Å². The summed E-state index contributed by atoms with van der Waals surface area (Å²) in [6, 6.07) is 0. The molecule has 0 aromatic rings. The van der Waals surface area contributed by atoms with Gasteiger partial charge in [-0.1, -0.05) is 70.3 Å². The molecule has 0 aliphatic heterocycles. The van der Waals surface area contributed by atoms with Crippen molar-refractivity contribution in [3.8, 4) is 0 Å². The molecule has 0 radical (unpaired) electrons. The molecule has 0 aromatic carbocycles. The first-order chi connectivity index (χ1) is 11.2. The Morgan fingerprint density at radius 3 is 1.74 bits per heavy atom. The molecule has 2 nitrogen and oxygen atoms in total. The lowest BCUT2D eigenvalue weighted by Crippen LogP contribution is -1.85. The van der Waals surface area contributed by atoms with Gasteiger partial charge >= 0.3 is 0 Å².